The lowest BCUT2D eigenvalue weighted by Gasteiger charge is -2.34. The van der Waals surface area contributed by atoms with E-state index in [2.05, 4.69) is 19.9 Å². The summed E-state index contributed by atoms with van der Waals surface area (Å²) < 4.78 is 5.16. The van der Waals surface area contributed by atoms with Gasteiger partial charge in [0.05, 0.1) is 12.7 Å². The number of aliphatic hydroxyl groups excluding tert-OH is 1. The molecule has 0 saturated heterocycles. The van der Waals surface area contributed by atoms with Gasteiger partial charge in [0.2, 0.25) is 0 Å². The summed E-state index contributed by atoms with van der Waals surface area (Å²) in [5.41, 5.74) is 2.18. The zero-order chi connectivity index (χ0) is 13.8. The molecule has 2 nitrogen and oxygen atoms in total. The fraction of sp³-hybridized carbons (Fsp3) is 0.647. The average molecular weight is 262 g/mol. The molecular formula is C17H26O2. The molecule has 4 unspecified atom stereocenters. The van der Waals surface area contributed by atoms with Crippen molar-refractivity contribution in [3.05, 3.63) is 35.4 Å². The van der Waals surface area contributed by atoms with Crippen molar-refractivity contribution in [2.24, 2.45) is 17.8 Å². The van der Waals surface area contributed by atoms with Crippen LogP contribution < -0.4 is 0 Å². The van der Waals surface area contributed by atoms with Crippen molar-refractivity contribution in [3.63, 3.8) is 0 Å². The number of aliphatic hydroxyl groups is 1. The van der Waals surface area contributed by atoms with Gasteiger partial charge in [-0.1, -0.05) is 44.5 Å². The highest BCUT2D eigenvalue weighted by atomic mass is 16.5. The molecule has 1 saturated carbocycles. The summed E-state index contributed by atoms with van der Waals surface area (Å²) in [6.45, 7) is 5.25. The zero-order valence-corrected chi connectivity index (χ0v) is 12.3. The third kappa shape index (κ3) is 3.58. The van der Waals surface area contributed by atoms with E-state index in [0.29, 0.717) is 12.5 Å². The maximum absolute atomic E-state index is 10.6. The second kappa shape index (κ2) is 6.53. The van der Waals surface area contributed by atoms with Gasteiger partial charge < -0.3 is 9.84 Å². The Hall–Kier alpha value is -0.860. The van der Waals surface area contributed by atoms with E-state index < -0.39 is 0 Å². The Morgan fingerprint density at radius 3 is 2.74 bits per heavy atom. The summed E-state index contributed by atoms with van der Waals surface area (Å²) in [6, 6.07) is 8.18. The minimum atomic E-state index is -0.327. The average Bonchev–Trinajstić information content (AvgIpc) is 2.42. The number of benzene rings is 1. The van der Waals surface area contributed by atoms with Crippen molar-refractivity contribution in [2.45, 2.75) is 45.8 Å². The van der Waals surface area contributed by atoms with E-state index in [1.165, 1.54) is 6.42 Å². The van der Waals surface area contributed by atoms with Gasteiger partial charge in [0.15, 0.2) is 0 Å². The predicted octanol–water partition coefficient (Wildman–Crippen LogP) is 3.94. The number of hydrogen-bond donors (Lipinski definition) is 1. The minimum Gasteiger partial charge on any atom is -0.388 e. The molecule has 4 atom stereocenters. The summed E-state index contributed by atoms with van der Waals surface area (Å²) >= 11 is 0. The molecule has 1 N–H and O–H groups in total. The largest absolute Gasteiger partial charge is 0.388 e. The van der Waals surface area contributed by atoms with Gasteiger partial charge in [-0.25, -0.2) is 0 Å². The number of rotatable bonds is 4. The summed E-state index contributed by atoms with van der Waals surface area (Å²) in [5.74, 6) is 1.92. The highest BCUT2D eigenvalue weighted by Gasteiger charge is 2.29. The maximum Gasteiger partial charge on any atom is 0.0818 e. The highest BCUT2D eigenvalue weighted by Crippen LogP contribution is 2.39. The van der Waals surface area contributed by atoms with Gasteiger partial charge in [0.1, 0.15) is 0 Å². The quantitative estimate of drug-likeness (QED) is 0.890. The second-order valence-electron chi connectivity index (χ2n) is 6.15. The summed E-state index contributed by atoms with van der Waals surface area (Å²) in [7, 11) is 1.70. The van der Waals surface area contributed by atoms with Crippen LogP contribution in [0.4, 0.5) is 0 Å². The smallest absolute Gasteiger partial charge is 0.0818 e. The van der Waals surface area contributed by atoms with Crippen LogP contribution in [0, 0.1) is 17.8 Å². The van der Waals surface area contributed by atoms with E-state index >= 15 is 0 Å². The Morgan fingerprint density at radius 2 is 2.05 bits per heavy atom. The fourth-order valence-corrected chi connectivity index (χ4v) is 3.18. The first kappa shape index (κ1) is 14.5. The van der Waals surface area contributed by atoms with Gasteiger partial charge in [-0.3, -0.25) is 0 Å². The molecule has 0 heterocycles. The van der Waals surface area contributed by atoms with Crippen LogP contribution in [0.1, 0.15) is 50.3 Å². The van der Waals surface area contributed by atoms with Crippen LogP contribution in [-0.4, -0.2) is 12.2 Å². The highest BCUT2D eigenvalue weighted by molar-refractivity contribution is 5.25. The monoisotopic (exact) mass is 262 g/mol. The molecule has 1 aromatic rings. The first-order valence-electron chi connectivity index (χ1n) is 7.37. The Balaban J connectivity index is 2.06. The van der Waals surface area contributed by atoms with Crippen molar-refractivity contribution >= 4 is 0 Å². The first-order chi connectivity index (χ1) is 9.11. The van der Waals surface area contributed by atoms with Crippen molar-refractivity contribution in [1.29, 1.82) is 0 Å². The van der Waals surface area contributed by atoms with Crippen molar-refractivity contribution in [1.82, 2.24) is 0 Å². The van der Waals surface area contributed by atoms with Gasteiger partial charge in [0.25, 0.3) is 0 Å². The van der Waals surface area contributed by atoms with E-state index in [1.54, 1.807) is 7.11 Å². The van der Waals surface area contributed by atoms with Crippen LogP contribution in [0.2, 0.25) is 0 Å². The van der Waals surface area contributed by atoms with Gasteiger partial charge in [-0.15, -0.1) is 0 Å². The Kier molecular flexibility index (Phi) is 5.00. The SMILES string of the molecule is COCc1cccc(C(O)C2CCC(C)C(C)C2)c1. The topological polar surface area (TPSA) is 29.5 Å². The second-order valence-corrected chi connectivity index (χ2v) is 6.15. The van der Waals surface area contributed by atoms with Crippen LogP contribution in [0.5, 0.6) is 0 Å². The van der Waals surface area contributed by atoms with Gasteiger partial charge in [-0.05, 0) is 41.7 Å². The van der Waals surface area contributed by atoms with E-state index in [-0.39, 0.29) is 6.10 Å². The molecule has 1 fully saturated rings. The van der Waals surface area contributed by atoms with Gasteiger partial charge in [-0.2, -0.15) is 0 Å². The molecule has 0 bridgehead atoms. The van der Waals surface area contributed by atoms with E-state index in [0.717, 1.165) is 35.8 Å². The standard InChI is InChI=1S/C17H26O2/c1-12-7-8-16(9-13(12)2)17(18)15-6-4-5-14(10-15)11-19-3/h4-6,10,12-13,16-18H,7-9,11H2,1-3H3. The molecule has 2 heteroatoms. The Labute approximate surface area is 116 Å². The summed E-state index contributed by atoms with van der Waals surface area (Å²) in [6.07, 6.45) is 3.19. The maximum atomic E-state index is 10.6. The lowest BCUT2D eigenvalue weighted by atomic mass is 9.73. The lowest BCUT2D eigenvalue weighted by Crippen LogP contribution is -2.25. The Morgan fingerprint density at radius 1 is 1.26 bits per heavy atom. The predicted molar refractivity (Wildman–Crippen MR) is 77.8 cm³/mol. The normalized spacial score (nSPS) is 29.2. The molecule has 2 rings (SSSR count). The van der Waals surface area contributed by atoms with E-state index in [9.17, 15) is 5.11 Å². The lowest BCUT2D eigenvalue weighted by molar-refractivity contribution is 0.0559. The van der Waals surface area contributed by atoms with Gasteiger partial charge >= 0.3 is 0 Å². The molecule has 0 aliphatic heterocycles. The fourth-order valence-electron chi connectivity index (χ4n) is 3.18. The van der Waals surface area contributed by atoms with E-state index in [4.69, 9.17) is 4.74 Å². The molecule has 0 spiro atoms. The molecular weight excluding hydrogens is 236 g/mol. The third-order valence-electron chi connectivity index (χ3n) is 4.69. The number of hydrogen-bond acceptors (Lipinski definition) is 2. The summed E-state index contributed by atoms with van der Waals surface area (Å²) in [5, 5.41) is 10.6. The molecule has 1 aromatic carbocycles. The zero-order valence-electron chi connectivity index (χ0n) is 12.3. The molecule has 0 amide bonds. The molecule has 19 heavy (non-hydrogen) atoms. The van der Waals surface area contributed by atoms with Crippen LogP contribution in [-0.2, 0) is 11.3 Å². The van der Waals surface area contributed by atoms with Gasteiger partial charge in [0, 0.05) is 7.11 Å². The van der Waals surface area contributed by atoms with Crippen LogP contribution >= 0.6 is 0 Å². The van der Waals surface area contributed by atoms with E-state index in [1.807, 2.05) is 18.2 Å². The first-order valence-corrected chi connectivity index (χ1v) is 7.37. The van der Waals surface area contributed by atoms with Crippen molar-refractivity contribution in [2.75, 3.05) is 7.11 Å². The molecule has 0 aromatic heterocycles. The number of ether oxygens (including phenoxy) is 1. The van der Waals surface area contributed by atoms with Crippen molar-refractivity contribution in [3.8, 4) is 0 Å². The molecule has 1 aliphatic carbocycles. The third-order valence-corrected chi connectivity index (χ3v) is 4.69. The summed E-state index contributed by atoms with van der Waals surface area (Å²) in [4.78, 5) is 0. The van der Waals surface area contributed by atoms with Crippen molar-refractivity contribution < 1.29 is 9.84 Å². The molecule has 106 valence electrons. The van der Waals surface area contributed by atoms with Crippen LogP contribution in [0.3, 0.4) is 0 Å². The molecule has 1 aliphatic rings. The minimum absolute atomic E-state index is 0.327. The molecule has 0 radical (unpaired) electrons. The van der Waals surface area contributed by atoms with Crippen LogP contribution in [0.15, 0.2) is 24.3 Å². The van der Waals surface area contributed by atoms with Crippen LogP contribution in [0.25, 0.3) is 0 Å². The number of methoxy groups -OCH3 is 1. The Bertz CT molecular complexity index is 402.